The van der Waals surface area contributed by atoms with Crippen LogP contribution in [0, 0.1) is 11.8 Å². The minimum atomic E-state index is 0.728. The quantitative estimate of drug-likeness (QED) is 0.783. The van der Waals surface area contributed by atoms with Gasteiger partial charge in [-0.3, -0.25) is 4.90 Å². The molecule has 2 aromatic rings. The molecule has 3 rings (SSSR count). The predicted molar refractivity (Wildman–Crippen MR) is 90.3 cm³/mol. The van der Waals surface area contributed by atoms with Gasteiger partial charge in [0.1, 0.15) is 5.75 Å². The highest BCUT2D eigenvalue weighted by Gasteiger charge is 2.15. The molecule has 2 nitrogen and oxygen atoms in total. The molecule has 0 aliphatic carbocycles. The first-order valence-electron chi connectivity index (χ1n) is 7.37. The van der Waals surface area contributed by atoms with E-state index >= 15 is 0 Å². The zero-order valence-corrected chi connectivity index (χ0v) is 13.4. The summed E-state index contributed by atoms with van der Waals surface area (Å²) >= 11 is 5.97. The Morgan fingerprint density at radius 3 is 2.91 bits per heavy atom. The SMILES string of the molecule is COc1ccc2c(c1)CN(CC#Cc1cccc(Cl)c1)CC2. The maximum absolute atomic E-state index is 5.97. The van der Waals surface area contributed by atoms with Gasteiger partial charge in [-0.2, -0.15) is 0 Å². The van der Waals surface area contributed by atoms with Crippen molar-refractivity contribution in [1.29, 1.82) is 0 Å². The summed E-state index contributed by atoms with van der Waals surface area (Å²) in [6, 6.07) is 14.0. The maximum atomic E-state index is 5.97. The van der Waals surface area contributed by atoms with E-state index in [0.717, 1.165) is 42.4 Å². The smallest absolute Gasteiger partial charge is 0.119 e. The molecule has 0 atom stereocenters. The summed E-state index contributed by atoms with van der Waals surface area (Å²) in [4.78, 5) is 2.36. The van der Waals surface area contributed by atoms with Gasteiger partial charge in [0.2, 0.25) is 0 Å². The van der Waals surface area contributed by atoms with Crippen LogP contribution in [0.3, 0.4) is 0 Å². The molecule has 1 aliphatic rings. The average molecular weight is 312 g/mol. The summed E-state index contributed by atoms with van der Waals surface area (Å²) in [5, 5.41) is 0.728. The fourth-order valence-electron chi connectivity index (χ4n) is 2.67. The lowest BCUT2D eigenvalue weighted by molar-refractivity contribution is 0.285. The van der Waals surface area contributed by atoms with Crippen molar-refractivity contribution < 1.29 is 4.74 Å². The number of halogens is 1. The maximum Gasteiger partial charge on any atom is 0.119 e. The Balaban J connectivity index is 1.65. The molecule has 112 valence electrons. The highest BCUT2D eigenvalue weighted by molar-refractivity contribution is 6.30. The van der Waals surface area contributed by atoms with Gasteiger partial charge >= 0.3 is 0 Å². The van der Waals surface area contributed by atoms with Crippen molar-refractivity contribution in [3.8, 4) is 17.6 Å². The monoisotopic (exact) mass is 311 g/mol. The van der Waals surface area contributed by atoms with Gasteiger partial charge < -0.3 is 4.74 Å². The molecule has 0 saturated carbocycles. The van der Waals surface area contributed by atoms with Gasteiger partial charge in [-0.15, -0.1) is 0 Å². The summed E-state index contributed by atoms with van der Waals surface area (Å²) in [5.74, 6) is 7.34. The minimum absolute atomic E-state index is 0.728. The molecule has 1 aliphatic heterocycles. The van der Waals surface area contributed by atoms with Crippen LogP contribution < -0.4 is 4.74 Å². The van der Waals surface area contributed by atoms with Crippen LogP contribution in [-0.4, -0.2) is 25.1 Å². The van der Waals surface area contributed by atoms with Crippen LogP contribution in [0.1, 0.15) is 16.7 Å². The number of methoxy groups -OCH3 is 1. The molecule has 0 spiro atoms. The molecular weight excluding hydrogens is 294 g/mol. The van der Waals surface area contributed by atoms with Crippen LogP contribution in [0.5, 0.6) is 5.75 Å². The van der Waals surface area contributed by atoms with E-state index in [2.05, 4.69) is 28.9 Å². The lowest BCUT2D eigenvalue weighted by atomic mass is 9.99. The van der Waals surface area contributed by atoms with Crippen LogP contribution in [-0.2, 0) is 13.0 Å². The molecular formula is C19H18ClNO. The molecule has 0 radical (unpaired) electrons. The van der Waals surface area contributed by atoms with Gasteiger partial charge in [0.05, 0.1) is 13.7 Å². The summed E-state index contributed by atoms with van der Waals surface area (Å²) in [6.45, 7) is 2.74. The first kappa shape index (κ1) is 15.0. The second kappa shape index (κ2) is 6.87. The van der Waals surface area contributed by atoms with Crippen LogP contribution in [0.4, 0.5) is 0 Å². The van der Waals surface area contributed by atoms with Crippen LogP contribution in [0.15, 0.2) is 42.5 Å². The zero-order chi connectivity index (χ0) is 15.4. The van der Waals surface area contributed by atoms with E-state index in [1.807, 2.05) is 30.3 Å². The number of benzene rings is 2. The first-order valence-corrected chi connectivity index (χ1v) is 7.75. The molecule has 2 aromatic carbocycles. The largest absolute Gasteiger partial charge is 0.497 e. The van der Waals surface area contributed by atoms with E-state index < -0.39 is 0 Å². The molecule has 0 fully saturated rings. The van der Waals surface area contributed by atoms with Gasteiger partial charge in [0.25, 0.3) is 0 Å². The predicted octanol–water partition coefficient (Wildman–Crippen LogP) is 3.76. The Kier molecular flexibility index (Phi) is 4.68. The number of hydrogen-bond acceptors (Lipinski definition) is 2. The van der Waals surface area contributed by atoms with Crippen molar-refractivity contribution >= 4 is 11.6 Å². The standard InChI is InChI=1S/C19H18ClNO/c1-22-19-8-7-16-9-11-21(14-17(16)13-19)10-3-5-15-4-2-6-18(20)12-15/h2,4,6-8,12-13H,9-11,14H2,1H3. The van der Waals surface area contributed by atoms with E-state index in [1.165, 1.54) is 11.1 Å². The summed E-state index contributed by atoms with van der Waals surface area (Å²) in [7, 11) is 1.71. The second-order valence-corrected chi connectivity index (χ2v) is 5.84. The normalized spacial score (nSPS) is 13.9. The molecule has 0 unspecified atom stereocenters. The Morgan fingerprint density at radius 2 is 2.09 bits per heavy atom. The van der Waals surface area contributed by atoms with E-state index in [-0.39, 0.29) is 0 Å². The molecule has 0 saturated heterocycles. The van der Waals surface area contributed by atoms with Crippen molar-refractivity contribution in [2.75, 3.05) is 20.2 Å². The molecule has 0 aromatic heterocycles. The van der Waals surface area contributed by atoms with E-state index in [4.69, 9.17) is 16.3 Å². The molecule has 3 heteroatoms. The van der Waals surface area contributed by atoms with Crippen molar-refractivity contribution in [1.82, 2.24) is 4.90 Å². The van der Waals surface area contributed by atoms with E-state index in [9.17, 15) is 0 Å². The molecule has 1 heterocycles. The third-order valence-corrected chi connectivity index (χ3v) is 4.10. The summed E-state index contributed by atoms with van der Waals surface area (Å²) in [5.41, 5.74) is 3.72. The van der Waals surface area contributed by atoms with Gasteiger partial charge in [0.15, 0.2) is 0 Å². The Labute approximate surface area is 136 Å². The highest BCUT2D eigenvalue weighted by atomic mass is 35.5. The second-order valence-electron chi connectivity index (χ2n) is 5.41. The van der Waals surface area contributed by atoms with Gasteiger partial charge in [-0.1, -0.05) is 35.6 Å². The fraction of sp³-hybridized carbons (Fsp3) is 0.263. The lowest BCUT2D eigenvalue weighted by Gasteiger charge is -2.27. The first-order chi connectivity index (χ1) is 10.7. The van der Waals surface area contributed by atoms with E-state index in [1.54, 1.807) is 7.11 Å². The molecule has 0 bridgehead atoms. The van der Waals surface area contributed by atoms with Crippen molar-refractivity contribution in [3.63, 3.8) is 0 Å². The Morgan fingerprint density at radius 1 is 1.18 bits per heavy atom. The van der Waals surface area contributed by atoms with Gasteiger partial charge in [-0.25, -0.2) is 0 Å². The van der Waals surface area contributed by atoms with E-state index in [0.29, 0.717) is 0 Å². The minimum Gasteiger partial charge on any atom is -0.497 e. The molecule has 22 heavy (non-hydrogen) atoms. The average Bonchev–Trinajstić information content (AvgIpc) is 2.54. The van der Waals surface area contributed by atoms with Crippen molar-refractivity contribution in [2.45, 2.75) is 13.0 Å². The topological polar surface area (TPSA) is 12.5 Å². The Bertz CT molecular complexity index is 730. The Hall–Kier alpha value is -1.95. The lowest BCUT2D eigenvalue weighted by Crippen LogP contribution is -2.30. The highest BCUT2D eigenvalue weighted by Crippen LogP contribution is 2.23. The molecule has 0 N–H and O–H groups in total. The third-order valence-electron chi connectivity index (χ3n) is 3.86. The van der Waals surface area contributed by atoms with Crippen LogP contribution >= 0.6 is 11.6 Å². The number of rotatable bonds is 2. The fourth-order valence-corrected chi connectivity index (χ4v) is 2.86. The van der Waals surface area contributed by atoms with Gasteiger partial charge in [-0.05, 0) is 47.9 Å². The summed E-state index contributed by atoms with van der Waals surface area (Å²) < 4.78 is 5.31. The van der Waals surface area contributed by atoms with Crippen LogP contribution in [0.25, 0.3) is 0 Å². The number of ether oxygens (including phenoxy) is 1. The summed E-state index contributed by atoms with van der Waals surface area (Å²) in [6.07, 6.45) is 1.07. The third kappa shape index (κ3) is 3.62. The van der Waals surface area contributed by atoms with Crippen molar-refractivity contribution in [2.24, 2.45) is 0 Å². The number of hydrogen-bond donors (Lipinski definition) is 0. The zero-order valence-electron chi connectivity index (χ0n) is 12.6. The van der Waals surface area contributed by atoms with Crippen molar-refractivity contribution in [3.05, 3.63) is 64.2 Å². The molecule has 0 amide bonds. The van der Waals surface area contributed by atoms with Gasteiger partial charge in [0, 0.05) is 23.7 Å². The number of nitrogens with zero attached hydrogens (tertiary/aromatic N) is 1. The van der Waals surface area contributed by atoms with Crippen LogP contribution in [0.2, 0.25) is 5.02 Å². The number of fused-ring (bicyclic) bond motifs is 1.